The molecule has 2 aromatic rings. The van der Waals surface area contributed by atoms with E-state index in [1.165, 1.54) is 22.5 Å². The van der Waals surface area contributed by atoms with Crippen LogP contribution in [0.2, 0.25) is 0 Å². The second kappa shape index (κ2) is 7.97. The smallest absolute Gasteiger partial charge is 0.265 e. The summed E-state index contributed by atoms with van der Waals surface area (Å²) < 4.78 is 33.4. The Kier molecular flexibility index (Phi) is 5.49. The number of sulfonamides is 1. The highest BCUT2D eigenvalue weighted by molar-refractivity contribution is 7.89. The van der Waals surface area contributed by atoms with Gasteiger partial charge in [0.1, 0.15) is 11.8 Å². The Morgan fingerprint density at radius 2 is 1.94 bits per heavy atom. The number of hydrogen-bond donors (Lipinski definition) is 2. The first-order valence-electron chi connectivity index (χ1n) is 10.2. The largest absolute Gasteiger partial charge is 0.479 e. The van der Waals surface area contributed by atoms with E-state index in [0.717, 1.165) is 11.1 Å². The zero-order chi connectivity index (χ0) is 22.3. The van der Waals surface area contributed by atoms with Crippen molar-refractivity contribution in [2.75, 3.05) is 17.2 Å². The van der Waals surface area contributed by atoms with Crippen LogP contribution in [0.3, 0.4) is 0 Å². The Labute approximate surface area is 181 Å². The van der Waals surface area contributed by atoms with Gasteiger partial charge in [-0.15, -0.1) is 0 Å². The summed E-state index contributed by atoms with van der Waals surface area (Å²) in [6.45, 7) is 5.81. The predicted octanol–water partition coefficient (Wildman–Crippen LogP) is 2.81. The van der Waals surface area contributed by atoms with E-state index < -0.39 is 22.2 Å². The van der Waals surface area contributed by atoms with Crippen LogP contribution in [-0.4, -0.2) is 43.2 Å². The summed E-state index contributed by atoms with van der Waals surface area (Å²) >= 11 is 0. The normalized spacial score (nSPS) is 21.2. The van der Waals surface area contributed by atoms with E-state index in [4.69, 9.17) is 4.74 Å². The summed E-state index contributed by atoms with van der Waals surface area (Å²) in [7, 11) is -3.94. The first kappa shape index (κ1) is 21.3. The van der Waals surface area contributed by atoms with Crippen LogP contribution in [0, 0.1) is 13.8 Å². The van der Waals surface area contributed by atoms with Gasteiger partial charge in [-0.3, -0.25) is 9.59 Å². The standard InChI is InChI=1S/C22H25N3O5S/c1-13-6-7-16(11-14(13)2)23-22(27)19-5-4-10-25(19)31(28,29)17-8-9-20-18(12-17)24-21(26)15(3)30-20/h6-9,11-12,15,19H,4-5,10H2,1-3H3,(H,23,27)(H,24,26)/t15-,19+/m1/s1. The lowest BCUT2D eigenvalue weighted by atomic mass is 10.1. The lowest BCUT2D eigenvalue weighted by Crippen LogP contribution is -2.43. The molecule has 0 saturated carbocycles. The molecular weight excluding hydrogens is 418 g/mol. The van der Waals surface area contributed by atoms with Crippen LogP contribution < -0.4 is 15.4 Å². The summed E-state index contributed by atoms with van der Waals surface area (Å²) in [5.74, 6) is -0.280. The molecule has 2 N–H and O–H groups in total. The molecule has 2 atom stereocenters. The van der Waals surface area contributed by atoms with Gasteiger partial charge in [0, 0.05) is 12.2 Å². The SMILES string of the molecule is Cc1ccc(NC(=O)[C@@H]2CCCN2S(=O)(=O)c2ccc3c(c2)NC(=O)[C@@H](C)O3)cc1C. The van der Waals surface area contributed by atoms with Gasteiger partial charge in [-0.05, 0) is 75.1 Å². The molecule has 1 fully saturated rings. The minimum Gasteiger partial charge on any atom is -0.479 e. The van der Waals surface area contributed by atoms with Gasteiger partial charge < -0.3 is 15.4 Å². The molecule has 2 aliphatic rings. The molecule has 9 heteroatoms. The van der Waals surface area contributed by atoms with Crippen LogP contribution in [0.25, 0.3) is 0 Å². The zero-order valence-electron chi connectivity index (χ0n) is 17.6. The number of amides is 2. The number of anilines is 2. The van der Waals surface area contributed by atoms with E-state index in [1.54, 1.807) is 13.0 Å². The second-order valence-corrected chi connectivity index (χ2v) is 9.86. The molecule has 2 aromatic carbocycles. The number of aryl methyl sites for hydroxylation is 2. The quantitative estimate of drug-likeness (QED) is 0.756. The number of hydrogen-bond acceptors (Lipinski definition) is 5. The number of ether oxygens (including phenoxy) is 1. The van der Waals surface area contributed by atoms with Crippen LogP contribution in [0.4, 0.5) is 11.4 Å². The van der Waals surface area contributed by atoms with E-state index in [0.29, 0.717) is 30.0 Å². The summed E-state index contributed by atoms with van der Waals surface area (Å²) in [6.07, 6.45) is 0.386. The highest BCUT2D eigenvalue weighted by Gasteiger charge is 2.40. The fourth-order valence-corrected chi connectivity index (χ4v) is 5.50. The van der Waals surface area contributed by atoms with Crippen molar-refractivity contribution in [3.05, 3.63) is 47.5 Å². The van der Waals surface area contributed by atoms with Crippen molar-refractivity contribution in [3.8, 4) is 5.75 Å². The Morgan fingerprint density at radius 1 is 1.16 bits per heavy atom. The molecule has 2 aliphatic heterocycles. The molecule has 164 valence electrons. The number of fused-ring (bicyclic) bond motifs is 1. The number of carbonyl (C=O) groups is 2. The van der Waals surface area contributed by atoms with Gasteiger partial charge in [-0.2, -0.15) is 4.31 Å². The fourth-order valence-electron chi connectivity index (χ4n) is 3.82. The minimum absolute atomic E-state index is 0.00980. The predicted molar refractivity (Wildman–Crippen MR) is 117 cm³/mol. The highest BCUT2D eigenvalue weighted by Crippen LogP contribution is 2.34. The van der Waals surface area contributed by atoms with E-state index in [2.05, 4.69) is 10.6 Å². The molecule has 4 rings (SSSR count). The van der Waals surface area contributed by atoms with Gasteiger partial charge in [0.25, 0.3) is 5.91 Å². The van der Waals surface area contributed by atoms with E-state index in [-0.39, 0.29) is 23.3 Å². The van der Waals surface area contributed by atoms with Gasteiger partial charge in [0.05, 0.1) is 10.6 Å². The topological polar surface area (TPSA) is 105 Å². The number of carbonyl (C=O) groups excluding carboxylic acids is 2. The number of benzene rings is 2. The fraction of sp³-hybridized carbons (Fsp3) is 0.364. The van der Waals surface area contributed by atoms with Crippen molar-refractivity contribution in [2.24, 2.45) is 0 Å². The van der Waals surface area contributed by atoms with Crippen molar-refractivity contribution < 1.29 is 22.7 Å². The second-order valence-electron chi connectivity index (χ2n) is 7.97. The summed E-state index contributed by atoms with van der Waals surface area (Å²) in [5.41, 5.74) is 3.10. The monoisotopic (exact) mass is 443 g/mol. The minimum atomic E-state index is -3.94. The molecule has 8 nitrogen and oxygen atoms in total. The van der Waals surface area contributed by atoms with E-state index in [1.807, 2.05) is 26.0 Å². The van der Waals surface area contributed by atoms with Crippen LogP contribution >= 0.6 is 0 Å². The molecule has 0 aliphatic carbocycles. The van der Waals surface area contributed by atoms with Crippen molar-refractivity contribution in [3.63, 3.8) is 0 Å². The Morgan fingerprint density at radius 3 is 2.68 bits per heavy atom. The molecule has 2 heterocycles. The third-order valence-corrected chi connectivity index (χ3v) is 7.67. The maximum Gasteiger partial charge on any atom is 0.265 e. The van der Waals surface area contributed by atoms with Crippen molar-refractivity contribution in [1.29, 1.82) is 0 Å². The number of nitrogens with one attached hydrogen (secondary N) is 2. The summed E-state index contributed by atoms with van der Waals surface area (Å²) in [5, 5.41) is 5.51. The number of rotatable bonds is 4. The Balaban J connectivity index is 1.57. The third-order valence-electron chi connectivity index (χ3n) is 5.77. The first-order valence-corrected chi connectivity index (χ1v) is 11.6. The van der Waals surface area contributed by atoms with Gasteiger partial charge in [-0.1, -0.05) is 6.07 Å². The average Bonchev–Trinajstić information content (AvgIpc) is 3.22. The van der Waals surface area contributed by atoms with Crippen molar-refractivity contribution >= 4 is 33.2 Å². The molecule has 1 saturated heterocycles. The molecule has 2 amide bonds. The highest BCUT2D eigenvalue weighted by atomic mass is 32.2. The van der Waals surface area contributed by atoms with Crippen LogP contribution in [0.1, 0.15) is 30.9 Å². The van der Waals surface area contributed by atoms with Crippen LogP contribution in [0.5, 0.6) is 5.75 Å². The van der Waals surface area contributed by atoms with Gasteiger partial charge >= 0.3 is 0 Å². The summed E-state index contributed by atoms with van der Waals surface area (Å²) in [4.78, 5) is 24.8. The maximum absolute atomic E-state index is 13.3. The number of nitrogens with zero attached hydrogens (tertiary/aromatic N) is 1. The van der Waals surface area contributed by atoms with Gasteiger partial charge in [-0.25, -0.2) is 8.42 Å². The Bertz CT molecular complexity index is 1160. The van der Waals surface area contributed by atoms with Crippen LogP contribution in [-0.2, 0) is 19.6 Å². The van der Waals surface area contributed by atoms with E-state index >= 15 is 0 Å². The summed E-state index contributed by atoms with van der Waals surface area (Å²) in [6, 6.07) is 9.14. The Hall–Kier alpha value is -2.91. The van der Waals surface area contributed by atoms with Gasteiger partial charge in [0.2, 0.25) is 15.9 Å². The average molecular weight is 444 g/mol. The third kappa shape index (κ3) is 4.03. The first-order chi connectivity index (χ1) is 14.7. The molecular formula is C22H25N3O5S. The lowest BCUT2D eigenvalue weighted by Gasteiger charge is -2.26. The lowest BCUT2D eigenvalue weighted by molar-refractivity contribution is -0.122. The molecule has 0 unspecified atom stereocenters. The zero-order valence-corrected chi connectivity index (χ0v) is 18.5. The van der Waals surface area contributed by atoms with Crippen molar-refractivity contribution in [2.45, 2.75) is 50.7 Å². The van der Waals surface area contributed by atoms with Crippen molar-refractivity contribution in [1.82, 2.24) is 4.31 Å². The molecule has 0 bridgehead atoms. The molecule has 0 radical (unpaired) electrons. The van der Waals surface area contributed by atoms with E-state index in [9.17, 15) is 18.0 Å². The van der Waals surface area contributed by atoms with Gasteiger partial charge in [0.15, 0.2) is 6.10 Å². The molecule has 0 spiro atoms. The maximum atomic E-state index is 13.3. The van der Waals surface area contributed by atoms with Crippen LogP contribution in [0.15, 0.2) is 41.3 Å². The molecule has 0 aromatic heterocycles. The molecule has 31 heavy (non-hydrogen) atoms.